The van der Waals surface area contributed by atoms with Crippen LogP contribution in [0.25, 0.3) is 11.3 Å². The standard InChI is InChI=1S/C25H32N2OS/c1-2-29-24-26-22-20-13-7-6-12-19(20)16-25(14-8-9-15-25)21(22)23(28)27(24)17-18-10-4-3-5-11-18/h6-7,12-13,18H,2-5,8-11,14-17H2,1H3. The summed E-state index contributed by atoms with van der Waals surface area (Å²) in [6.45, 7) is 3.02. The molecular formula is C25H32N2OS. The molecule has 0 amide bonds. The van der Waals surface area contributed by atoms with Crippen molar-refractivity contribution in [3.05, 3.63) is 45.7 Å². The van der Waals surface area contributed by atoms with Gasteiger partial charge in [0.25, 0.3) is 5.56 Å². The highest BCUT2D eigenvalue weighted by atomic mass is 32.2. The lowest BCUT2D eigenvalue weighted by molar-refractivity contribution is 0.302. The van der Waals surface area contributed by atoms with Crippen LogP contribution in [0.15, 0.2) is 34.2 Å². The topological polar surface area (TPSA) is 34.9 Å². The van der Waals surface area contributed by atoms with Gasteiger partial charge >= 0.3 is 0 Å². The van der Waals surface area contributed by atoms with Crippen molar-refractivity contribution in [1.29, 1.82) is 0 Å². The minimum atomic E-state index is 0.0114. The summed E-state index contributed by atoms with van der Waals surface area (Å²) in [7, 11) is 0. The molecule has 0 bridgehead atoms. The Balaban J connectivity index is 1.69. The van der Waals surface area contributed by atoms with Crippen molar-refractivity contribution in [2.45, 2.75) is 88.2 Å². The van der Waals surface area contributed by atoms with Crippen molar-refractivity contribution in [3.63, 3.8) is 0 Å². The Kier molecular flexibility index (Phi) is 5.32. The molecule has 0 N–H and O–H groups in total. The van der Waals surface area contributed by atoms with Crippen LogP contribution in [0.4, 0.5) is 0 Å². The SMILES string of the molecule is CCSc1nc2c(c(=O)n1CC1CCCCC1)C1(CCCC1)Cc1ccccc1-2. The van der Waals surface area contributed by atoms with Gasteiger partial charge in [-0.15, -0.1) is 0 Å². The zero-order valence-electron chi connectivity index (χ0n) is 17.6. The first-order valence-corrected chi connectivity index (χ1v) is 12.6. The Labute approximate surface area is 178 Å². The van der Waals surface area contributed by atoms with Gasteiger partial charge in [-0.3, -0.25) is 9.36 Å². The van der Waals surface area contributed by atoms with Crippen molar-refractivity contribution in [2.75, 3.05) is 5.75 Å². The Morgan fingerprint density at radius 2 is 1.86 bits per heavy atom. The van der Waals surface area contributed by atoms with Crippen LogP contribution in [0.3, 0.4) is 0 Å². The first kappa shape index (κ1) is 19.4. The molecule has 154 valence electrons. The van der Waals surface area contributed by atoms with Gasteiger partial charge < -0.3 is 0 Å². The summed E-state index contributed by atoms with van der Waals surface area (Å²) in [5.74, 6) is 1.58. The summed E-state index contributed by atoms with van der Waals surface area (Å²) in [5, 5.41) is 0.937. The van der Waals surface area contributed by atoms with Crippen LogP contribution < -0.4 is 5.56 Å². The van der Waals surface area contributed by atoms with Gasteiger partial charge in [0.1, 0.15) is 0 Å². The molecule has 1 aromatic heterocycles. The lowest BCUT2D eigenvalue weighted by Gasteiger charge is -2.36. The van der Waals surface area contributed by atoms with E-state index < -0.39 is 0 Å². The number of hydrogen-bond donors (Lipinski definition) is 0. The lowest BCUT2D eigenvalue weighted by Crippen LogP contribution is -2.41. The van der Waals surface area contributed by atoms with E-state index in [9.17, 15) is 4.79 Å². The number of benzene rings is 1. The Morgan fingerprint density at radius 3 is 2.62 bits per heavy atom. The van der Waals surface area contributed by atoms with E-state index in [0.717, 1.165) is 48.0 Å². The molecule has 3 aliphatic rings. The second kappa shape index (κ2) is 7.94. The fourth-order valence-corrected chi connectivity index (χ4v) is 6.80. The van der Waals surface area contributed by atoms with Gasteiger partial charge in [0.15, 0.2) is 5.16 Å². The summed E-state index contributed by atoms with van der Waals surface area (Å²) in [6.07, 6.45) is 12.2. The maximum absolute atomic E-state index is 14.1. The van der Waals surface area contributed by atoms with E-state index in [0.29, 0.717) is 5.92 Å². The third-order valence-corrected chi connectivity index (χ3v) is 8.32. The van der Waals surface area contributed by atoms with Crippen molar-refractivity contribution in [3.8, 4) is 11.3 Å². The van der Waals surface area contributed by atoms with Gasteiger partial charge in [-0.1, -0.05) is 75.1 Å². The van der Waals surface area contributed by atoms with Gasteiger partial charge in [-0.05, 0) is 49.3 Å². The minimum absolute atomic E-state index is 0.0114. The van der Waals surface area contributed by atoms with Gasteiger partial charge in [-0.25, -0.2) is 4.98 Å². The molecule has 2 fully saturated rings. The van der Waals surface area contributed by atoms with Crippen LogP contribution in [0.1, 0.15) is 75.8 Å². The first-order chi connectivity index (χ1) is 14.2. The van der Waals surface area contributed by atoms with Crippen molar-refractivity contribution < 1.29 is 0 Å². The number of fused-ring (bicyclic) bond motifs is 4. The normalized spacial score (nSPS) is 20.6. The smallest absolute Gasteiger partial charge is 0.258 e. The Morgan fingerprint density at radius 1 is 1.10 bits per heavy atom. The molecule has 2 saturated carbocycles. The third-order valence-electron chi connectivity index (χ3n) is 7.47. The van der Waals surface area contributed by atoms with E-state index in [2.05, 4.69) is 35.8 Å². The van der Waals surface area contributed by atoms with Crippen LogP contribution in [0.5, 0.6) is 0 Å². The van der Waals surface area contributed by atoms with Crippen LogP contribution in [-0.2, 0) is 18.4 Å². The van der Waals surface area contributed by atoms with Gasteiger partial charge in [-0.2, -0.15) is 0 Å². The molecule has 1 heterocycles. The summed E-state index contributed by atoms with van der Waals surface area (Å²) in [4.78, 5) is 19.3. The van der Waals surface area contributed by atoms with Crippen molar-refractivity contribution in [1.82, 2.24) is 9.55 Å². The summed E-state index contributed by atoms with van der Waals surface area (Å²) >= 11 is 1.73. The van der Waals surface area contributed by atoms with E-state index in [4.69, 9.17) is 4.98 Å². The van der Waals surface area contributed by atoms with Gasteiger partial charge in [0.05, 0.1) is 11.3 Å². The monoisotopic (exact) mass is 408 g/mol. The van der Waals surface area contributed by atoms with Gasteiger partial charge in [0.2, 0.25) is 0 Å². The zero-order valence-corrected chi connectivity index (χ0v) is 18.4. The molecule has 2 aromatic rings. The van der Waals surface area contributed by atoms with Crippen LogP contribution in [-0.4, -0.2) is 15.3 Å². The number of nitrogens with zero attached hydrogens (tertiary/aromatic N) is 2. The van der Waals surface area contributed by atoms with Gasteiger partial charge in [0, 0.05) is 17.5 Å². The average Bonchev–Trinajstić information content (AvgIpc) is 3.20. The van der Waals surface area contributed by atoms with Crippen molar-refractivity contribution in [2.24, 2.45) is 5.92 Å². The zero-order chi connectivity index (χ0) is 19.8. The van der Waals surface area contributed by atoms with E-state index in [-0.39, 0.29) is 11.0 Å². The maximum Gasteiger partial charge on any atom is 0.258 e. The van der Waals surface area contributed by atoms with Crippen LogP contribution in [0, 0.1) is 5.92 Å². The number of thioether (sulfide) groups is 1. The molecule has 0 unspecified atom stereocenters. The molecule has 3 nitrogen and oxygen atoms in total. The van der Waals surface area contributed by atoms with E-state index in [1.807, 2.05) is 0 Å². The largest absolute Gasteiger partial charge is 0.287 e. The molecular weight excluding hydrogens is 376 g/mol. The van der Waals surface area contributed by atoms with Crippen molar-refractivity contribution >= 4 is 11.8 Å². The average molecular weight is 409 g/mol. The molecule has 29 heavy (non-hydrogen) atoms. The molecule has 5 rings (SSSR count). The Bertz CT molecular complexity index is 952. The second-order valence-electron chi connectivity index (χ2n) is 9.29. The van der Waals surface area contributed by atoms with E-state index >= 15 is 0 Å². The molecule has 4 heteroatoms. The maximum atomic E-state index is 14.1. The fourth-order valence-electron chi connectivity index (χ4n) is 6.07. The minimum Gasteiger partial charge on any atom is -0.287 e. The third kappa shape index (κ3) is 3.37. The second-order valence-corrected chi connectivity index (χ2v) is 10.5. The molecule has 0 radical (unpaired) electrons. The highest BCUT2D eigenvalue weighted by molar-refractivity contribution is 7.99. The fraction of sp³-hybridized carbons (Fsp3) is 0.600. The summed E-state index contributed by atoms with van der Waals surface area (Å²) in [6, 6.07) is 8.66. The predicted molar refractivity (Wildman–Crippen MR) is 121 cm³/mol. The highest BCUT2D eigenvalue weighted by Crippen LogP contribution is 2.50. The lowest BCUT2D eigenvalue weighted by atomic mass is 9.68. The Hall–Kier alpha value is -1.55. The molecule has 3 aliphatic carbocycles. The first-order valence-electron chi connectivity index (χ1n) is 11.6. The summed E-state index contributed by atoms with van der Waals surface area (Å²) < 4.78 is 2.08. The molecule has 0 saturated heterocycles. The molecule has 1 spiro atoms. The van der Waals surface area contributed by atoms with Crippen LogP contribution >= 0.6 is 11.8 Å². The number of aromatic nitrogens is 2. The molecule has 0 aliphatic heterocycles. The van der Waals surface area contributed by atoms with E-state index in [1.165, 1.54) is 56.1 Å². The predicted octanol–water partition coefficient (Wildman–Crippen LogP) is 5.97. The highest BCUT2D eigenvalue weighted by Gasteiger charge is 2.44. The molecule has 1 aromatic carbocycles. The molecule has 0 atom stereocenters. The summed E-state index contributed by atoms with van der Waals surface area (Å²) in [5.41, 5.74) is 4.90. The van der Waals surface area contributed by atoms with E-state index in [1.54, 1.807) is 11.8 Å². The quantitative estimate of drug-likeness (QED) is 0.462. The number of hydrogen-bond acceptors (Lipinski definition) is 3. The number of rotatable bonds is 4. The van der Waals surface area contributed by atoms with Crippen LogP contribution in [0.2, 0.25) is 0 Å².